The van der Waals surface area contributed by atoms with Crippen LogP contribution in [0.1, 0.15) is 32.6 Å². The van der Waals surface area contributed by atoms with E-state index in [4.69, 9.17) is 0 Å². The van der Waals surface area contributed by atoms with Crippen LogP contribution >= 0.6 is 0 Å². The maximum Gasteiger partial charge on any atom is 0.251 e. The summed E-state index contributed by atoms with van der Waals surface area (Å²) in [4.78, 5) is 0. The topological polar surface area (TPSA) is 0 Å². The lowest BCUT2D eigenvalue weighted by Gasteiger charge is -1.93. The molecule has 54 valence electrons. The number of hydrogen-bond acceptors (Lipinski definition) is 0. The molecule has 0 N–H and O–H groups in total. The highest BCUT2D eigenvalue weighted by Gasteiger charge is 2.55. The third-order valence-corrected chi connectivity index (χ3v) is 1.86. The monoisotopic (exact) mass is 134 g/mol. The minimum atomic E-state index is -2.28. The zero-order valence-corrected chi connectivity index (χ0v) is 5.66. The minimum Gasteiger partial charge on any atom is -0.207 e. The summed E-state index contributed by atoms with van der Waals surface area (Å²) in [7, 11) is 0. The molecule has 0 nitrogen and oxygen atoms in total. The first-order valence-electron chi connectivity index (χ1n) is 3.54. The molecule has 0 aromatic rings. The van der Waals surface area contributed by atoms with E-state index in [1.807, 2.05) is 6.92 Å². The van der Waals surface area contributed by atoms with Gasteiger partial charge in [0.25, 0.3) is 5.92 Å². The summed E-state index contributed by atoms with van der Waals surface area (Å²) in [5.41, 5.74) is 0. The Labute approximate surface area is 54.3 Å². The van der Waals surface area contributed by atoms with Gasteiger partial charge in [-0.15, -0.1) is 0 Å². The van der Waals surface area contributed by atoms with E-state index in [0.717, 1.165) is 19.3 Å². The first-order chi connectivity index (χ1) is 4.17. The summed E-state index contributed by atoms with van der Waals surface area (Å²) < 4.78 is 24.2. The maximum absolute atomic E-state index is 12.1. The molecular formula is C7H12F2. The van der Waals surface area contributed by atoms with Crippen molar-refractivity contribution in [3.63, 3.8) is 0 Å². The van der Waals surface area contributed by atoms with Gasteiger partial charge in [-0.1, -0.05) is 19.8 Å². The van der Waals surface area contributed by atoms with Gasteiger partial charge in [-0.2, -0.15) is 0 Å². The van der Waals surface area contributed by atoms with E-state index >= 15 is 0 Å². The second-order valence-corrected chi connectivity index (χ2v) is 2.80. The van der Waals surface area contributed by atoms with E-state index < -0.39 is 5.92 Å². The van der Waals surface area contributed by atoms with Crippen molar-refractivity contribution in [2.24, 2.45) is 5.92 Å². The zero-order valence-electron chi connectivity index (χ0n) is 5.66. The summed E-state index contributed by atoms with van der Waals surface area (Å²) in [6.07, 6.45) is 2.86. The predicted octanol–water partition coefficient (Wildman–Crippen LogP) is 2.83. The van der Waals surface area contributed by atoms with Crippen LogP contribution < -0.4 is 0 Å². The molecule has 1 aliphatic rings. The van der Waals surface area contributed by atoms with Crippen molar-refractivity contribution < 1.29 is 8.78 Å². The molecule has 0 aromatic heterocycles. The van der Waals surface area contributed by atoms with Crippen LogP contribution in [0.4, 0.5) is 8.78 Å². The van der Waals surface area contributed by atoms with Crippen molar-refractivity contribution in [3.05, 3.63) is 0 Å². The molecule has 0 spiro atoms. The van der Waals surface area contributed by atoms with Crippen molar-refractivity contribution in [2.45, 2.75) is 38.5 Å². The molecule has 0 aliphatic heterocycles. The molecule has 0 aromatic carbocycles. The van der Waals surface area contributed by atoms with Gasteiger partial charge in [0.1, 0.15) is 0 Å². The van der Waals surface area contributed by atoms with Gasteiger partial charge < -0.3 is 0 Å². The Bertz CT molecular complexity index is 99.1. The van der Waals surface area contributed by atoms with Gasteiger partial charge >= 0.3 is 0 Å². The van der Waals surface area contributed by atoms with Crippen molar-refractivity contribution in [1.29, 1.82) is 0 Å². The normalized spacial score (nSPS) is 30.3. The van der Waals surface area contributed by atoms with Crippen LogP contribution in [0.25, 0.3) is 0 Å². The second-order valence-electron chi connectivity index (χ2n) is 2.80. The highest BCUT2D eigenvalue weighted by atomic mass is 19.3. The fourth-order valence-electron chi connectivity index (χ4n) is 1.03. The Hall–Kier alpha value is -0.140. The number of unbranched alkanes of at least 4 members (excludes halogenated alkanes) is 1. The average molecular weight is 134 g/mol. The van der Waals surface area contributed by atoms with Crippen LogP contribution in [0, 0.1) is 5.92 Å². The molecule has 2 heteroatoms. The van der Waals surface area contributed by atoms with Gasteiger partial charge in [0.15, 0.2) is 0 Å². The highest BCUT2D eigenvalue weighted by molar-refractivity contribution is 4.94. The summed E-state index contributed by atoms with van der Waals surface area (Å²) in [5, 5.41) is 0. The van der Waals surface area contributed by atoms with Crippen molar-refractivity contribution >= 4 is 0 Å². The smallest absolute Gasteiger partial charge is 0.207 e. The Balaban J connectivity index is 2.06. The summed E-state index contributed by atoms with van der Waals surface area (Å²) >= 11 is 0. The Morgan fingerprint density at radius 1 is 1.56 bits per heavy atom. The fraction of sp³-hybridized carbons (Fsp3) is 1.00. The number of halogens is 2. The Morgan fingerprint density at radius 2 is 2.11 bits per heavy atom. The first kappa shape index (κ1) is 6.97. The van der Waals surface area contributed by atoms with E-state index in [2.05, 4.69) is 0 Å². The predicted molar refractivity (Wildman–Crippen MR) is 32.6 cm³/mol. The van der Waals surface area contributed by atoms with Gasteiger partial charge in [0.05, 0.1) is 0 Å². The quantitative estimate of drug-likeness (QED) is 0.556. The Morgan fingerprint density at radius 3 is 2.44 bits per heavy atom. The maximum atomic E-state index is 12.1. The summed E-state index contributed by atoms with van der Waals surface area (Å²) in [6.45, 7) is 2.03. The van der Waals surface area contributed by atoms with Gasteiger partial charge in [-0.05, 0) is 6.42 Å². The molecule has 0 radical (unpaired) electrons. The third-order valence-electron chi connectivity index (χ3n) is 1.86. The van der Waals surface area contributed by atoms with E-state index in [-0.39, 0.29) is 12.3 Å². The largest absolute Gasteiger partial charge is 0.251 e. The number of rotatable bonds is 3. The minimum absolute atomic E-state index is 0.146. The molecule has 1 fully saturated rings. The van der Waals surface area contributed by atoms with E-state index in [9.17, 15) is 8.78 Å². The van der Waals surface area contributed by atoms with E-state index in [1.54, 1.807) is 0 Å². The van der Waals surface area contributed by atoms with Crippen LogP contribution in [0.2, 0.25) is 0 Å². The van der Waals surface area contributed by atoms with Crippen LogP contribution in [-0.2, 0) is 0 Å². The fourth-order valence-corrected chi connectivity index (χ4v) is 1.03. The van der Waals surface area contributed by atoms with Crippen LogP contribution in [0.15, 0.2) is 0 Å². The van der Waals surface area contributed by atoms with E-state index in [0.29, 0.717) is 0 Å². The van der Waals surface area contributed by atoms with Crippen molar-refractivity contribution in [2.75, 3.05) is 0 Å². The SMILES string of the molecule is CCCCC1CC1(F)F. The molecule has 1 rings (SSSR count). The second kappa shape index (κ2) is 2.24. The van der Waals surface area contributed by atoms with Gasteiger partial charge in [-0.25, -0.2) is 8.78 Å². The standard InChI is InChI=1S/C7H12F2/c1-2-3-4-6-5-7(6,8)9/h6H,2-5H2,1H3. The van der Waals surface area contributed by atoms with E-state index in [1.165, 1.54) is 0 Å². The first-order valence-corrected chi connectivity index (χ1v) is 3.54. The Kier molecular flexibility index (Phi) is 1.73. The average Bonchev–Trinajstić information content (AvgIpc) is 2.35. The molecule has 1 atom stereocenters. The molecule has 0 heterocycles. The summed E-state index contributed by atoms with van der Waals surface area (Å²) in [5.74, 6) is -2.55. The molecular weight excluding hydrogens is 122 g/mol. The molecule has 0 bridgehead atoms. The molecule has 9 heavy (non-hydrogen) atoms. The number of alkyl halides is 2. The number of hydrogen-bond donors (Lipinski definition) is 0. The van der Waals surface area contributed by atoms with Gasteiger partial charge in [0.2, 0.25) is 0 Å². The lowest BCUT2D eigenvalue weighted by atomic mass is 10.2. The molecule has 1 saturated carbocycles. The van der Waals surface area contributed by atoms with Gasteiger partial charge in [-0.3, -0.25) is 0 Å². The van der Waals surface area contributed by atoms with Crippen molar-refractivity contribution in [1.82, 2.24) is 0 Å². The highest BCUT2D eigenvalue weighted by Crippen LogP contribution is 2.51. The lowest BCUT2D eigenvalue weighted by molar-refractivity contribution is 0.0965. The molecule has 0 saturated heterocycles. The van der Waals surface area contributed by atoms with Crippen LogP contribution in [0.3, 0.4) is 0 Å². The van der Waals surface area contributed by atoms with Crippen LogP contribution in [-0.4, -0.2) is 5.92 Å². The third kappa shape index (κ3) is 1.63. The van der Waals surface area contributed by atoms with Crippen LogP contribution in [0.5, 0.6) is 0 Å². The molecule has 0 amide bonds. The molecule has 1 aliphatic carbocycles. The zero-order chi connectivity index (χ0) is 6.91. The van der Waals surface area contributed by atoms with Gasteiger partial charge in [0, 0.05) is 12.3 Å². The molecule has 1 unspecified atom stereocenters. The lowest BCUT2D eigenvalue weighted by Crippen LogP contribution is -1.92. The summed E-state index contributed by atoms with van der Waals surface area (Å²) in [6, 6.07) is 0. The van der Waals surface area contributed by atoms with Crippen molar-refractivity contribution in [3.8, 4) is 0 Å².